The van der Waals surface area contributed by atoms with Gasteiger partial charge in [-0.1, -0.05) is 13.0 Å². The second-order valence-electron chi connectivity index (χ2n) is 5.78. The molecule has 0 atom stereocenters. The number of sulfonamides is 1. The number of H-pyrrole nitrogens is 1. The van der Waals surface area contributed by atoms with Crippen LogP contribution in [-0.4, -0.2) is 29.9 Å². The molecule has 9 heteroatoms. The van der Waals surface area contributed by atoms with Crippen LogP contribution in [-0.2, 0) is 10.0 Å². The van der Waals surface area contributed by atoms with Gasteiger partial charge in [-0.25, -0.2) is 17.8 Å². The number of benzene rings is 1. The number of nitrogens with one attached hydrogen (secondary N) is 2. The number of pyridine rings is 1. The van der Waals surface area contributed by atoms with Crippen LogP contribution in [0.4, 0.5) is 15.8 Å². The molecule has 0 aliphatic rings. The molecule has 1 aromatic carbocycles. The number of aromatic amines is 1. The summed E-state index contributed by atoms with van der Waals surface area (Å²) in [7, 11) is -3.68. The minimum atomic E-state index is -3.68. The fraction of sp³-hybridized carbons (Fsp3) is 0.176. The highest BCUT2D eigenvalue weighted by atomic mass is 32.2. The van der Waals surface area contributed by atoms with Crippen LogP contribution in [0.1, 0.15) is 29.3 Å². The van der Waals surface area contributed by atoms with Crippen LogP contribution in [0, 0.1) is 5.82 Å². The van der Waals surface area contributed by atoms with Gasteiger partial charge in [0.2, 0.25) is 10.0 Å². The Balaban J connectivity index is 2.02. The van der Waals surface area contributed by atoms with Crippen molar-refractivity contribution in [3.8, 4) is 0 Å². The zero-order chi connectivity index (χ0) is 18.9. The van der Waals surface area contributed by atoms with Gasteiger partial charge in [0.25, 0.3) is 0 Å². The molecule has 3 aromatic rings. The number of nitrogens with two attached hydrogens (primary N) is 1. The molecule has 136 valence electrons. The van der Waals surface area contributed by atoms with Crippen molar-refractivity contribution >= 4 is 38.2 Å². The summed E-state index contributed by atoms with van der Waals surface area (Å²) in [4.78, 5) is 19.7. The van der Waals surface area contributed by atoms with Crippen molar-refractivity contribution in [1.29, 1.82) is 0 Å². The molecule has 0 saturated carbocycles. The van der Waals surface area contributed by atoms with Gasteiger partial charge in [0, 0.05) is 17.1 Å². The molecule has 0 radical (unpaired) electrons. The summed E-state index contributed by atoms with van der Waals surface area (Å²) in [6, 6.07) is 5.56. The highest BCUT2D eigenvalue weighted by Crippen LogP contribution is 2.26. The van der Waals surface area contributed by atoms with Crippen LogP contribution < -0.4 is 10.5 Å². The molecule has 2 heterocycles. The van der Waals surface area contributed by atoms with Gasteiger partial charge in [-0.3, -0.25) is 9.52 Å². The molecule has 0 saturated heterocycles. The number of fused-ring (bicyclic) bond motifs is 1. The molecule has 0 amide bonds. The van der Waals surface area contributed by atoms with Crippen molar-refractivity contribution in [2.45, 2.75) is 13.3 Å². The van der Waals surface area contributed by atoms with Crippen molar-refractivity contribution < 1.29 is 17.6 Å². The monoisotopic (exact) mass is 376 g/mol. The molecular formula is C17H17FN4O3S. The number of aromatic nitrogens is 2. The molecule has 3 rings (SSSR count). The zero-order valence-electron chi connectivity index (χ0n) is 13.9. The van der Waals surface area contributed by atoms with E-state index in [9.17, 15) is 17.6 Å². The van der Waals surface area contributed by atoms with Gasteiger partial charge >= 0.3 is 0 Å². The Labute approximate surface area is 149 Å². The molecule has 7 nitrogen and oxygen atoms in total. The lowest BCUT2D eigenvalue weighted by atomic mass is 10.0. The van der Waals surface area contributed by atoms with E-state index in [0.29, 0.717) is 23.1 Å². The summed E-state index contributed by atoms with van der Waals surface area (Å²) in [6.45, 7) is 1.70. The third-order valence-electron chi connectivity index (χ3n) is 3.78. The molecule has 2 aromatic heterocycles. The Kier molecular flexibility index (Phi) is 4.64. The summed E-state index contributed by atoms with van der Waals surface area (Å²) in [5.74, 6) is -1.67. The Morgan fingerprint density at radius 3 is 2.85 bits per heavy atom. The quantitative estimate of drug-likeness (QED) is 0.572. The summed E-state index contributed by atoms with van der Waals surface area (Å²) in [5.41, 5.74) is 6.21. The van der Waals surface area contributed by atoms with E-state index in [0.717, 1.165) is 0 Å². The Bertz CT molecular complexity index is 1090. The molecule has 0 aliphatic heterocycles. The van der Waals surface area contributed by atoms with Gasteiger partial charge in [-0.15, -0.1) is 0 Å². The highest BCUT2D eigenvalue weighted by Gasteiger charge is 2.21. The van der Waals surface area contributed by atoms with E-state index in [1.807, 2.05) is 0 Å². The van der Waals surface area contributed by atoms with Crippen molar-refractivity contribution in [2.24, 2.45) is 0 Å². The molecule has 0 bridgehead atoms. The molecule has 0 fully saturated rings. The number of hydrogen-bond donors (Lipinski definition) is 3. The van der Waals surface area contributed by atoms with Gasteiger partial charge in [0.15, 0.2) is 11.6 Å². The number of halogens is 1. The van der Waals surface area contributed by atoms with Gasteiger partial charge < -0.3 is 10.7 Å². The topological polar surface area (TPSA) is 118 Å². The van der Waals surface area contributed by atoms with E-state index in [-0.39, 0.29) is 22.6 Å². The lowest BCUT2D eigenvalue weighted by Gasteiger charge is -2.10. The molecule has 0 aliphatic carbocycles. The standard InChI is InChI=1S/C17H17FN4O3S/c1-2-6-26(24,25)22-14-5-3-4-11(15(14)18)16(23)13-9-21-17-12(13)7-10(19)8-20-17/h3-5,7-9,22H,2,6,19H2,1H3,(H,20,21). The number of carbonyl (C=O) groups is 1. The SMILES string of the molecule is CCCS(=O)(=O)Nc1cccc(C(=O)c2c[nH]c3ncc(N)cc23)c1F. The number of ketones is 1. The van der Waals surface area contributed by atoms with Crippen LogP contribution in [0.2, 0.25) is 0 Å². The van der Waals surface area contributed by atoms with E-state index in [4.69, 9.17) is 5.73 Å². The molecule has 26 heavy (non-hydrogen) atoms. The normalized spacial score (nSPS) is 11.6. The fourth-order valence-corrected chi connectivity index (χ4v) is 3.76. The van der Waals surface area contributed by atoms with E-state index >= 15 is 0 Å². The Morgan fingerprint density at radius 1 is 1.35 bits per heavy atom. The van der Waals surface area contributed by atoms with E-state index in [2.05, 4.69) is 14.7 Å². The first-order chi connectivity index (χ1) is 12.3. The van der Waals surface area contributed by atoms with Gasteiger partial charge in [-0.2, -0.15) is 0 Å². The number of nitrogen functional groups attached to an aromatic ring is 1. The Hall–Kier alpha value is -2.94. The first-order valence-corrected chi connectivity index (χ1v) is 9.54. The number of rotatable bonds is 6. The van der Waals surface area contributed by atoms with Crippen molar-refractivity contribution in [2.75, 3.05) is 16.2 Å². The largest absolute Gasteiger partial charge is 0.397 e. The summed E-state index contributed by atoms with van der Waals surface area (Å²) in [6.07, 6.45) is 3.25. The van der Waals surface area contributed by atoms with Gasteiger partial charge in [-0.05, 0) is 24.6 Å². The van der Waals surface area contributed by atoms with Crippen LogP contribution in [0.5, 0.6) is 0 Å². The van der Waals surface area contributed by atoms with Crippen LogP contribution in [0.3, 0.4) is 0 Å². The third-order valence-corrected chi connectivity index (χ3v) is 5.26. The predicted octanol–water partition coefficient (Wildman–Crippen LogP) is 2.67. The maximum absolute atomic E-state index is 14.8. The second-order valence-corrected chi connectivity index (χ2v) is 7.63. The average Bonchev–Trinajstić information content (AvgIpc) is 2.99. The van der Waals surface area contributed by atoms with Crippen LogP contribution in [0.25, 0.3) is 11.0 Å². The maximum atomic E-state index is 14.8. The van der Waals surface area contributed by atoms with Crippen molar-refractivity contribution in [1.82, 2.24) is 9.97 Å². The first-order valence-electron chi connectivity index (χ1n) is 7.88. The minimum Gasteiger partial charge on any atom is -0.397 e. The maximum Gasteiger partial charge on any atom is 0.232 e. The third kappa shape index (κ3) is 3.38. The lowest BCUT2D eigenvalue weighted by molar-refractivity contribution is 0.103. The smallest absolute Gasteiger partial charge is 0.232 e. The summed E-state index contributed by atoms with van der Waals surface area (Å²) >= 11 is 0. The minimum absolute atomic E-state index is 0.141. The summed E-state index contributed by atoms with van der Waals surface area (Å²) < 4.78 is 40.7. The predicted molar refractivity (Wildman–Crippen MR) is 98.0 cm³/mol. The second kappa shape index (κ2) is 6.75. The van der Waals surface area contributed by atoms with Gasteiger partial charge in [0.05, 0.1) is 28.9 Å². The van der Waals surface area contributed by atoms with Gasteiger partial charge in [0.1, 0.15) is 5.65 Å². The van der Waals surface area contributed by atoms with Crippen molar-refractivity contribution in [3.05, 3.63) is 53.6 Å². The Morgan fingerprint density at radius 2 is 2.12 bits per heavy atom. The van der Waals surface area contributed by atoms with Crippen molar-refractivity contribution in [3.63, 3.8) is 0 Å². The number of anilines is 2. The molecule has 0 unspecified atom stereocenters. The van der Waals surface area contributed by atoms with Crippen LogP contribution in [0.15, 0.2) is 36.7 Å². The zero-order valence-corrected chi connectivity index (χ0v) is 14.7. The molecular weight excluding hydrogens is 359 g/mol. The number of carbonyl (C=O) groups excluding carboxylic acids is 1. The number of hydrogen-bond acceptors (Lipinski definition) is 5. The average molecular weight is 376 g/mol. The van der Waals surface area contributed by atoms with E-state index in [1.54, 1.807) is 13.0 Å². The highest BCUT2D eigenvalue weighted by molar-refractivity contribution is 7.92. The van der Waals surface area contributed by atoms with Crippen LogP contribution >= 0.6 is 0 Å². The first kappa shape index (κ1) is 17.9. The lowest BCUT2D eigenvalue weighted by Crippen LogP contribution is -2.18. The molecule has 4 N–H and O–H groups in total. The molecule has 0 spiro atoms. The van der Waals surface area contributed by atoms with E-state index < -0.39 is 21.6 Å². The number of nitrogens with zero attached hydrogens (tertiary/aromatic N) is 1. The van der Waals surface area contributed by atoms with E-state index in [1.165, 1.54) is 30.6 Å². The summed E-state index contributed by atoms with van der Waals surface area (Å²) in [5, 5.41) is 0.464. The fourth-order valence-electron chi connectivity index (χ4n) is 2.63.